The van der Waals surface area contributed by atoms with E-state index < -0.39 is 0 Å². The lowest BCUT2D eigenvalue weighted by Crippen LogP contribution is -2.08. The molecular formula is C14H14O. The lowest BCUT2D eigenvalue weighted by molar-refractivity contribution is 0.465. The zero-order valence-corrected chi connectivity index (χ0v) is 8.65. The van der Waals surface area contributed by atoms with Crippen molar-refractivity contribution in [2.45, 2.75) is 25.2 Å². The molecule has 0 amide bonds. The van der Waals surface area contributed by atoms with Gasteiger partial charge < -0.3 is 4.42 Å². The average molecular weight is 198 g/mol. The van der Waals surface area contributed by atoms with Crippen molar-refractivity contribution in [3.63, 3.8) is 0 Å². The van der Waals surface area contributed by atoms with Crippen molar-refractivity contribution in [2.75, 3.05) is 0 Å². The zero-order valence-electron chi connectivity index (χ0n) is 8.65. The van der Waals surface area contributed by atoms with Crippen molar-refractivity contribution in [2.24, 2.45) is 0 Å². The van der Waals surface area contributed by atoms with Crippen LogP contribution >= 0.6 is 0 Å². The molecule has 0 N–H and O–H groups in total. The number of fused-ring (bicyclic) bond motifs is 1. The predicted octanol–water partition coefficient (Wildman–Crippen LogP) is 3.75. The molecule has 0 saturated heterocycles. The Labute approximate surface area is 89.7 Å². The third-order valence-corrected chi connectivity index (χ3v) is 3.25. The summed E-state index contributed by atoms with van der Waals surface area (Å²) in [6, 6.07) is 12.9. The van der Waals surface area contributed by atoms with Crippen LogP contribution in [0.4, 0.5) is 0 Å². The van der Waals surface area contributed by atoms with Crippen molar-refractivity contribution in [3.05, 3.63) is 59.5 Å². The molecule has 0 fully saturated rings. The summed E-state index contributed by atoms with van der Waals surface area (Å²) in [6.07, 6.45) is 5.41. The molecule has 0 bridgehead atoms. The van der Waals surface area contributed by atoms with Crippen LogP contribution in [0, 0.1) is 0 Å². The van der Waals surface area contributed by atoms with Gasteiger partial charge in [0, 0.05) is 17.9 Å². The fourth-order valence-corrected chi connectivity index (χ4v) is 2.52. The molecule has 3 rings (SSSR count). The monoisotopic (exact) mass is 198 g/mol. The van der Waals surface area contributed by atoms with Gasteiger partial charge in [-0.2, -0.15) is 0 Å². The highest BCUT2D eigenvalue weighted by Crippen LogP contribution is 2.36. The van der Waals surface area contributed by atoms with Gasteiger partial charge in [-0.1, -0.05) is 30.3 Å². The highest BCUT2D eigenvalue weighted by molar-refractivity contribution is 5.35. The van der Waals surface area contributed by atoms with Crippen molar-refractivity contribution < 1.29 is 4.42 Å². The lowest BCUT2D eigenvalue weighted by Gasteiger charge is -2.21. The molecule has 1 aliphatic rings. The van der Waals surface area contributed by atoms with Gasteiger partial charge >= 0.3 is 0 Å². The van der Waals surface area contributed by atoms with Crippen molar-refractivity contribution in [1.82, 2.24) is 0 Å². The Kier molecular flexibility index (Phi) is 2.09. The Hall–Kier alpha value is -1.50. The highest BCUT2D eigenvalue weighted by Gasteiger charge is 2.23. The second-order valence-corrected chi connectivity index (χ2v) is 4.15. The van der Waals surface area contributed by atoms with Crippen LogP contribution in [0.1, 0.15) is 35.6 Å². The molecule has 0 radical (unpaired) electrons. The van der Waals surface area contributed by atoms with Gasteiger partial charge in [-0.05, 0) is 24.5 Å². The molecule has 0 spiro atoms. The van der Waals surface area contributed by atoms with Crippen molar-refractivity contribution in [1.29, 1.82) is 0 Å². The molecule has 76 valence electrons. The van der Waals surface area contributed by atoms with E-state index in [2.05, 4.69) is 36.4 Å². The molecule has 1 heteroatoms. The number of hydrogen-bond donors (Lipinski definition) is 0. The summed E-state index contributed by atoms with van der Waals surface area (Å²) in [5.74, 6) is 1.74. The van der Waals surface area contributed by atoms with E-state index >= 15 is 0 Å². The smallest absolute Gasteiger partial charge is 0.107 e. The summed E-state index contributed by atoms with van der Waals surface area (Å²) in [6.45, 7) is 0. The predicted molar refractivity (Wildman–Crippen MR) is 59.9 cm³/mol. The van der Waals surface area contributed by atoms with Crippen LogP contribution in [0.3, 0.4) is 0 Å². The lowest BCUT2D eigenvalue weighted by atomic mass is 9.82. The molecule has 0 aliphatic heterocycles. The third kappa shape index (κ3) is 1.48. The summed E-state index contributed by atoms with van der Waals surface area (Å²) in [4.78, 5) is 0. The van der Waals surface area contributed by atoms with Gasteiger partial charge in [0.05, 0.1) is 6.26 Å². The fraction of sp³-hybridized carbons (Fsp3) is 0.286. The highest BCUT2D eigenvalue weighted by atomic mass is 16.3. The maximum Gasteiger partial charge on any atom is 0.107 e. The van der Waals surface area contributed by atoms with Gasteiger partial charge in [0.2, 0.25) is 0 Å². The SMILES string of the molecule is c1ccc(C2CCCc3occc32)cc1. The van der Waals surface area contributed by atoms with Crippen molar-refractivity contribution >= 4 is 0 Å². The van der Waals surface area contributed by atoms with E-state index in [0.717, 1.165) is 6.42 Å². The summed E-state index contributed by atoms with van der Waals surface area (Å²) < 4.78 is 5.51. The largest absolute Gasteiger partial charge is 0.469 e. The molecular weight excluding hydrogens is 184 g/mol. The standard InChI is InChI=1S/C14H14O/c1-2-5-11(6-3-1)12-7-4-8-14-13(12)9-10-15-14/h1-3,5-6,9-10,12H,4,7-8H2. The van der Waals surface area contributed by atoms with Crippen LogP contribution in [0.15, 0.2) is 47.1 Å². The normalized spacial score (nSPS) is 19.9. The van der Waals surface area contributed by atoms with Gasteiger partial charge in [-0.3, -0.25) is 0 Å². The Morgan fingerprint density at radius 2 is 1.93 bits per heavy atom. The van der Waals surface area contributed by atoms with Crippen LogP contribution in [0.25, 0.3) is 0 Å². The zero-order chi connectivity index (χ0) is 10.1. The van der Waals surface area contributed by atoms with E-state index in [1.54, 1.807) is 0 Å². The number of aryl methyl sites for hydroxylation is 1. The molecule has 1 atom stereocenters. The Morgan fingerprint density at radius 1 is 1.07 bits per heavy atom. The molecule has 2 aromatic rings. The quantitative estimate of drug-likeness (QED) is 0.680. The molecule has 1 aromatic carbocycles. The Balaban J connectivity index is 2.03. The number of furan rings is 1. The minimum absolute atomic E-state index is 0.550. The number of benzene rings is 1. The molecule has 1 aliphatic carbocycles. The van der Waals surface area contributed by atoms with Crippen LogP contribution in [-0.2, 0) is 6.42 Å². The first-order valence-corrected chi connectivity index (χ1v) is 5.56. The van der Waals surface area contributed by atoms with Gasteiger partial charge in [-0.15, -0.1) is 0 Å². The maximum atomic E-state index is 5.51. The van der Waals surface area contributed by atoms with Gasteiger partial charge in [0.1, 0.15) is 5.76 Å². The third-order valence-electron chi connectivity index (χ3n) is 3.25. The van der Waals surface area contributed by atoms with E-state index in [1.165, 1.54) is 29.7 Å². The molecule has 15 heavy (non-hydrogen) atoms. The van der Waals surface area contributed by atoms with E-state index in [1.807, 2.05) is 6.26 Å². The van der Waals surface area contributed by atoms with E-state index in [4.69, 9.17) is 4.42 Å². The molecule has 1 nitrogen and oxygen atoms in total. The minimum Gasteiger partial charge on any atom is -0.469 e. The van der Waals surface area contributed by atoms with Crippen LogP contribution in [0.5, 0.6) is 0 Å². The number of rotatable bonds is 1. The Morgan fingerprint density at radius 3 is 2.80 bits per heavy atom. The second kappa shape index (κ2) is 3.58. The molecule has 0 saturated carbocycles. The maximum absolute atomic E-state index is 5.51. The summed E-state index contributed by atoms with van der Waals surface area (Å²) in [5.41, 5.74) is 2.81. The van der Waals surface area contributed by atoms with Gasteiger partial charge in [0.25, 0.3) is 0 Å². The molecule has 1 aromatic heterocycles. The Bertz CT molecular complexity index is 441. The van der Waals surface area contributed by atoms with E-state index in [9.17, 15) is 0 Å². The first-order chi connectivity index (χ1) is 7.45. The van der Waals surface area contributed by atoms with Crippen LogP contribution < -0.4 is 0 Å². The second-order valence-electron chi connectivity index (χ2n) is 4.15. The molecule has 1 unspecified atom stereocenters. The summed E-state index contributed by atoms with van der Waals surface area (Å²) in [5, 5.41) is 0. The molecule has 1 heterocycles. The van der Waals surface area contributed by atoms with E-state index in [0.29, 0.717) is 5.92 Å². The first-order valence-electron chi connectivity index (χ1n) is 5.56. The first kappa shape index (κ1) is 8.78. The van der Waals surface area contributed by atoms with Crippen molar-refractivity contribution in [3.8, 4) is 0 Å². The number of hydrogen-bond acceptors (Lipinski definition) is 1. The summed E-state index contributed by atoms with van der Waals surface area (Å²) in [7, 11) is 0. The average Bonchev–Trinajstić information content (AvgIpc) is 2.78. The summed E-state index contributed by atoms with van der Waals surface area (Å²) >= 11 is 0. The van der Waals surface area contributed by atoms with Gasteiger partial charge in [0.15, 0.2) is 0 Å². The fourth-order valence-electron chi connectivity index (χ4n) is 2.52. The minimum atomic E-state index is 0.550. The van der Waals surface area contributed by atoms with Gasteiger partial charge in [-0.25, -0.2) is 0 Å². The van der Waals surface area contributed by atoms with Crippen LogP contribution in [-0.4, -0.2) is 0 Å². The topological polar surface area (TPSA) is 13.1 Å². The van der Waals surface area contributed by atoms with Crippen LogP contribution in [0.2, 0.25) is 0 Å². The van der Waals surface area contributed by atoms with E-state index in [-0.39, 0.29) is 0 Å².